The molecule has 0 atom stereocenters. The molecule has 1 aliphatic rings. The number of hydrogen-bond acceptors (Lipinski definition) is 4. The van der Waals surface area contributed by atoms with Crippen molar-refractivity contribution in [2.24, 2.45) is 0 Å². The summed E-state index contributed by atoms with van der Waals surface area (Å²) in [5, 5.41) is 3.29. The van der Waals surface area contributed by atoms with E-state index < -0.39 is 5.79 Å². The smallest absolute Gasteiger partial charge is 0.246 e. The summed E-state index contributed by atoms with van der Waals surface area (Å²) in [6.45, 7) is 4.39. The molecular weight excluding hydrogens is 310 g/mol. The van der Waals surface area contributed by atoms with Crippen LogP contribution in [0.5, 0.6) is 11.5 Å². The van der Waals surface area contributed by atoms with Gasteiger partial charge in [-0.05, 0) is 34.1 Å². The molecule has 19 heavy (non-hydrogen) atoms. The minimum absolute atomic E-state index is 0.592. The Morgan fingerprint density at radius 1 is 1.16 bits per heavy atom. The molecule has 0 radical (unpaired) electrons. The SMILES string of the molecule is CC1(C)Oc2ccc(NCc3occc3Br)cc2O1. The number of hydrogen-bond donors (Lipinski definition) is 1. The van der Waals surface area contributed by atoms with Crippen molar-refractivity contribution in [2.45, 2.75) is 26.2 Å². The first-order chi connectivity index (χ1) is 9.03. The Bertz CT molecular complexity index is 606. The van der Waals surface area contributed by atoms with Gasteiger partial charge in [0.1, 0.15) is 5.76 Å². The molecule has 100 valence electrons. The lowest BCUT2D eigenvalue weighted by Crippen LogP contribution is -2.29. The lowest BCUT2D eigenvalue weighted by atomic mass is 10.2. The Kier molecular flexibility index (Phi) is 2.93. The number of benzene rings is 1. The van der Waals surface area contributed by atoms with Crippen LogP contribution in [-0.2, 0) is 6.54 Å². The Morgan fingerprint density at radius 3 is 2.68 bits per heavy atom. The highest BCUT2D eigenvalue weighted by atomic mass is 79.9. The normalized spacial score (nSPS) is 15.5. The summed E-state index contributed by atoms with van der Waals surface area (Å²) in [4.78, 5) is 0. The molecule has 3 rings (SSSR count). The Balaban J connectivity index is 1.72. The molecule has 1 N–H and O–H groups in total. The second kappa shape index (κ2) is 4.49. The number of nitrogens with one attached hydrogen (secondary N) is 1. The van der Waals surface area contributed by atoms with E-state index in [-0.39, 0.29) is 0 Å². The van der Waals surface area contributed by atoms with Crippen molar-refractivity contribution in [3.05, 3.63) is 40.8 Å². The lowest BCUT2D eigenvalue weighted by Gasteiger charge is -2.16. The Labute approximate surface area is 119 Å². The molecule has 0 amide bonds. The van der Waals surface area contributed by atoms with Gasteiger partial charge in [-0.3, -0.25) is 0 Å². The summed E-state index contributed by atoms with van der Waals surface area (Å²) in [6, 6.07) is 7.67. The van der Waals surface area contributed by atoms with E-state index in [9.17, 15) is 0 Å². The number of anilines is 1. The highest BCUT2D eigenvalue weighted by Gasteiger charge is 2.31. The monoisotopic (exact) mass is 323 g/mol. The third-order valence-electron chi connectivity index (χ3n) is 2.80. The highest BCUT2D eigenvalue weighted by molar-refractivity contribution is 9.10. The van der Waals surface area contributed by atoms with Gasteiger partial charge in [0.15, 0.2) is 11.5 Å². The molecule has 2 aromatic rings. The van der Waals surface area contributed by atoms with E-state index in [1.165, 1.54) is 0 Å². The topological polar surface area (TPSA) is 43.6 Å². The van der Waals surface area contributed by atoms with E-state index in [2.05, 4.69) is 21.2 Å². The summed E-state index contributed by atoms with van der Waals surface area (Å²) in [5.74, 6) is 1.80. The lowest BCUT2D eigenvalue weighted by molar-refractivity contribution is -0.0431. The molecule has 0 saturated heterocycles. The molecule has 1 aliphatic heterocycles. The third-order valence-corrected chi connectivity index (χ3v) is 3.51. The molecule has 2 heterocycles. The first-order valence-electron chi connectivity index (χ1n) is 6.01. The average molecular weight is 324 g/mol. The van der Waals surface area contributed by atoms with Crippen molar-refractivity contribution in [1.82, 2.24) is 0 Å². The van der Waals surface area contributed by atoms with Gasteiger partial charge in [0.05, 0.1) is 17.3 Å². The minimum Gasteiger partial charge on any atom is -0.466 e. The van der Waals surface area contributed by atoms with Crippen LogP contribution in [0, 0.1) is 0 Å². The van der Waals surface area contributed by atoms with Crippen molar-refractivity contribution >= 4 is 21.6 Å². The van der Waals surface area contributed by atoms with Crippen molar-refractivity contribution in [1.29, 1.82) is 0 Å². The zero-order valence-electron chi connectivity index (χ0n) is 10.7. The summed E-state index contributed by atoms with van der Waals surface area (Å²) >= 11 is 3.43. The summed E-state index contributed by atoms with van der Waals surface area (Å²) in [7, 11) is 0. The number of fused-ring (bicyclic) bond motifs is 1. The molecule has 4 nitrogen and oxygen atoms in total. The molecule has 1 aromatic heterocycles. The van der Waals surface area contributed by atoms with Gasteiger partial charge in [-0.25, -0.2) is 0 Å². The number of furan rings is 1. The predicted octanol–water partition coefficient (Wildman–Crippen LogP) is 4.16. The van der Waals surface area contributed by atoms with E-state index in [4.69, 9.17) is 13.9 Å². The maximum atomic E-state index is 5.70. The first kappa shape index (κ1) is 12.4. The van der Waals surface area contributed by atoms with E-state index >= 15 is 0 Å². The van der Waals surface area contributed by atoms with Crippen LogP contribution >= 0.6 is 15.9 Å². The fourth-order valence-corrected chi connectivity index (χ4v) is 2.31. The molecule has 0 aliphatic carbocycles. The fraction of sp³-hybridized carbons (Fsp3) is 0.286. The fourth-order valence-electron chi connectivity index (χ4n) is 1.97. The summed E-state index contributed by atoms with van der Waals surface area (Å²) in [6.07, 6.45) is 1.66. The molecule has 0 saturated carbocycles. The largest absolute Gasteiger partial charge is 0.466 e. The van der Waals surface area contributed by atoms with Crippen LogP contribution in [0.2, 0.25) is 0 Å². The maximum Gasteiger partial charge on any atom is 0.246 e. The van der Waals surface area contributed by atoms with Gasteiger partial charge in [-0.15, -0.1) is 0 Å². The van der Waals surface area contributed by atoms with Gasteiger partial charge in [0.2, 0.25) is 5.79 Å². The van der Waals surface area contributed by atoms with E-state index in [1.54, 1.807) is 6.26 Å². The van der Waals surface area contributed by atoms with Gasteiger partial charge in [0, 0.05) is 25.6 Å². The predicted molar refractivity (Wildman–Crippen MR) is 75.5 cm³/mol. The number of halogens is 1. The zero-order valence-corrected chi connectivity index (χ0v) is 12.3. The number of ether oxygens (including phenoxy) is 2. The van der Waals surface area contributed by atoms with Gasteiger partial charge in [-0.1, -0.05) is 0 Å². The van der Waals surface area contributed by atoms with E-state index in [0.717, 1.165) is 27.4 Å². The summed E-state index contributed by atoms with van der Waals surface area (Å²) in [5.41, 5.74) is 0.961. The third kappa shape index (κ3) is 2.56. The molecule has 0 spiro atoms. The Hall–Kier alpha value is -1.62. The summed E-state index contributed by atoms with van der Waals surface area (Å²) < 4.78 is 17.7. The average Bonchev–Trinajstić information content (AvgIpc) is 2.87. The van der Waals surface area contributed by atoms with Crippen LogP contribution in [0.4, 0.5) is 5.69 Å². The first-order valence-corrected chi connectivity index (χ1v) is 6.81. The van der Waals surface area contributed by atoms with Crippen LogP contribution in [0.1, 0.15) is 19.6 Å². The molecule has 5 heteroatoms. The Morgan fingerprint density at radius 2 is 1.95 bits per heavy atom. The van der Waals surface area contributed by atoms with Gasteiger partial charge < -0.3 is 19.2 Å². The van der Waals surface area contributed by atoms with Crippen LogP contribution in [0.15, 0.2) is 39.4 Å². The highest BCUT2D eigenvalue weighted by Crippen LogP contribution is 2.40. The van der Waals surface area contributed by atoms with Crippen LogP contribution in [0.25, 0.3) is 0 Å². The minimum atomic E-state index is -0.592. The second-order valence-corrected chi connectivity index (χ2v) is 5.67. The van der Waals surface area contributed by atoms with Crippen molar-refractivity contribution in [3.8, 4) is 11.5 Å². The molecule has 0 unspecified atom stereocenters. The van der Waals surface area contributed by atoms with Gasteiger partial charge >= 0.3 is 0 Å². The quantitative estimate of drug-likeness (QED) is 0.921. The van der Waals surface area contributed by atoms with Crippen LogP contribution in [-0.4, -0.2) is 5.79 Å². The van der Waals surface area contributed by atoms with Crippen LogP contribution < -0.4 is 14.8 Å². The maximum absolute atomic E-state index is 5.70. The van der Waals surface area contributed by atoms with Gasteiger partial charge in [0.25, 0.3) is 0 Å². The standard InChI is InChI=1S/C14H14BrNO3/c1-14(2)18-11-4-3-9(7-12(11)19-14)16-8-13-10(15)5-6-17-13/h3-7,16H,8H2,1-2H3. The zero-order chi connectivity index (χ0) is 13.5. The van der Waals surface area contributed by atoms with E-state index in [1.807, 2.05) is 38.1 Å². The molecular formula is C14H14BrNO3. The molecule has 1 aromatic carbocycles. The van der Waals surface area contributed by atoms with E-state index in [0.29, 0.717) is 6.54 Å². The second-order valence-electron chi connectivity index (χ2n) is 4.81. The number of rotatable bonds is 3. The van der Waals surface area contributed by atoms with Crippen molar-refractivity contribution in [3.63, 3.8) is 0 Å². The van der Waals surface area contributed by atoms with Crippen molar-refractivity contribution < 1.29 is 13.9 Å². The molecule has 0 fully saturated rings. The van der Waals surface area contributed by atoms with Crippen molar-refractivity contribution in [2.75, 3.05) is 5.32 Å². The molecule has 0 bridgehead atoms. The van der Waals surface area contributed by atoms with Crippen LogP contribution in [0.3, 0.4) is 0 Å². The van der Waals surface area contributed by atoms with Gasteiger partial charge in [-0.2, -0.15) is 0 Å².